The van der Waals surface area contributed by atoms with Crippen LogP contribution >= 0.6 is 15.9 Å². The molecule has 0 radical (unpaired) electrons. The number of halogens is 3. The molecule has 1 aliphatic heterocycles. The smallest absolute Gasteiger partial charge is 0.497 e. The minimum atomic E-state index is -0.680. The highest BCUT2D eigenvalue weighted by atomic mass is 79.9. The Morgan fingerprint density at radius 3 is 1.71 bits per heavy atom. The number of rotatable bonds is 3. The fourth-order valence-electron chi connectivity index (χ4n) is 2.40. The molecule has 28 heavy (non-hydrogen) atoms. The summed E-state index contributed by atoms with van der Waals surface area (Å²) >= 11 is 3.03. The normalized spacial score (nSPS) is 17.0. The molecular formula is C20H24BBrF2O4. The molecule has 0 saturated carbocycles. The van der Waals surface area contributed by atoms with Crippen LogP contribution in [0.15, 0.2) is 40.9 Å². The lowest BCUT2D eigenvalue weighted by Crippen LogP contribution is -2.41. The van der Waals surface area contributed by atoms with Gasteiger partial charge in [0, 0.05) is 17.6 Å². The van der Waals surface area contributed by atoms with Gasteiger partial charge in [0.2, 0.25) is 0 Å². The van der Waals surface area contributed by atoms with Crippen molar-refractivity contribution in [3.05, 3.63) is 52.5 Å². The van der Waals surface area contributed by atoms with Gasteiger partial charge < -0.3 is 18.8 Å². The van der Waals surface area contributed by atoms with Gasteiger partial charge in [0.15, 0.2) is 0 Å². The fraction of sp³-hybridized carbons (Fsp3) is 0.400. The molecule has 1 aliphatic rings. The monoisotopic (exact) mass is 456 g/mol. The molecule has 0 aliphatic carbocycles. The summed E-state index contributed by atoms with van der Waals surface area (Å²) in [5, 5.41) is 0. The number of ether oxygens (including phenoxy) is 2. The zero-order chi connectivity index (χ0) is 21.1. The molecule has 2 aromatic carbocycles. The SMILES string of the molecule is COc1ccc(B2OC(C)(C)C(C)(C)O2)c(F)c1.COc1ccc(Br)c(F)c1. The van der Waals surface area contributed by atoms with E-state index in [-0.39, 0.29) is 11.6 Å². The Hall–Kier alpha value is -1.64. The fourth-order valence-corrected chi connectivity index (χ4v) is 2.65. The summed E-state index contributed by atoms with van der Waals surface area (Å²) in [6.07, 6.45) is 0. The lowest BCUT2D eigenvalue weighted by atomic mass is 9.78. The molecule has 152 valence electrons. The van der Waals surface area contributed by atoms with Crippen molar-refractivity contribution in [2.24, 2.45) is 0 Å². The minimum absolute atomic E-state index is 0.306. The first kappa shape index (κ1) is 22.7. The van der Waals surface area contributed by atoms with Gasteiger partial charge in [-0.05, 0) is 61.8 Å². The van der Waals surface area contributed by atoms with Gasteiger partial charge in [-0.3, -0.25) is 0 Å². The van der Waals surface area contributed by atoms with Crippen LogP contribution in [0.4, 0.5) is 8.78 Å². The summed E-state index contributed by atoms with van der Waals surface area (Å²) in [6, 6.07) is 9.28. The average molecular weight is 457 g/mol. The average Bonchev–Trinajstić information content (AvgIpc) is 2.85. The summed E-state index contributed by atoms with van der Waals surface area (Å²) in [5.41, 5.74) is -0.539. The molecule has 0 N–H and O–H groups in total. The van der Waals surface area contributed by atoms with Gasteiger partial charge in [0.25, 0.3) is 0 Å². The summed E-state index contributed by atoms with van der Waals surface area (Å²) in [7, 11) is 2.33. The Kier molecular flexibility index (Phi) is 7.12. The van der Waals surface area contributed by atoms with Gasteiger partial charge in [-0.15, -0.1) is 0 Å². The van der Waals surface area contributed by atoms with Gasteiger partial charge in [0.05, 0.1) is 29.9 Å². The molecule has 4 nitrogen and oxygen atoms in total. The highest BCUT2D eigenvalue weighted by Crippen LogP contribution is 2.36. The maximum atomic E-state index is 14.0. The van der Waals surface area contributed by atoms with E-state index in [2.05, 4.69) is 15.9 Å². The van der Waals surface area contributed by atoms with E-state index in [1.165, 1.54) is 26.4 Å². The predicted octanol–water partition coefficient (Wildman–Crippen LogP) is 4.73. The molecule has 1 fully saturated rings. The van der Waals surface area contributed by atoms with Crippen LogP contribution in [0.25, 0.3) is 0 Å². The molecule has 0 aromatic heterocycles. The van der Waals surface area contributed by atoms with Crippen molar-refractivity contribution in [2.75, 3.05) is 14.2 Å². The van der Waals surface area contributed by atoms with Crippen LogP contribution in [0, 0.1) is 11.6 Å². The van der Waals surface area contributed by atoms with Crippen LogP contribution in [-0.4, -0.2) is 32.5 Å². The van der Waals surface area contributed by atoms with Crippen molar-refractivity contribution in [2.45, 2.75) is 38.9 Å². The molecule has 1 heterocycles. The molecule has 0 unspecified atom stereocenters. The third-order valence-electron chi connectivity index (χ3n) is 4.84. The van der Waals surface area contributed by atoms with Gasteiger partial charge in [-0.25, -0.2) is 8.78 Å². The molecule has 8 heteroatoms. The molecule has 3 rings (SSSR count). The zero-order valence-corrected chi connectivity index (χ0v) is 18.4. The number of methoxy groups -OCH3 is 2. The third kappa shape index (κ3) is 5.04. The van der Waals surface area contributed by atoms with Crippen LogP contribution in [0.5, 0.6) is 11.5 Å². The maximum absolute atomic E-state index is 14.0. The van der Waals surface area contributed by atoms with E-state index in [1.54, 1.807) is 24.3 Å². The van der Waals surface area contributed by atoms with Crippen LogP contribution in [0.1, 0.15) is 27.7 Å². The second kappa shape index (κ2) is 8.80. The van der Waals surface area contributed by atoms with Gasteiger partial charge in [0.1, 0.15) is 23.1 Å². The predicted molar refractivity (Wildman–Crippen MR) is 109 cm³/mol. The second-order valence-corrected chi connectivity index (χ2v) is 8.11. The Morgan fingerprint density at radius 2 is 1.29 bits per heavy atom. The lowest BCUT2D eigenvalue weighted by molar-refractivity contribution is 0.00578. The number of benzene rings is 2. The second-order valence-electron chi connectivity index (χ2n) is 7.26. The van der Waals surface area contributed by atoms with Crippen LogP contribution in [-0.2, 0) is 9.31 Å². The quantitative estimate of drug-likeness (QED) is 0.625. The lowest BCUT2D eigenvalue weighted by Gasteiger charge is -2.32. The van der Waals surface area contributed by atoms with Crippen molar-refractivity contribution in [1.29, 1.82) is 0 Å². The number of hydrogen-bond acceptors (Lipinski definition) is 4. The molecule has 0 atom stereocenters. The van der Waals surface area contributed by atoms with Crippen LogP contribution in [0.2, 0.25) is 0 Å². The van der Waals surface area contributed by atoms with Gasteiger partial charge in [-0.1, -0.05) is 6.07 Å². The van der Waals surface area contributed by atoms with Crippen molar-refractivity contribution < 1.29 is 27.6 Å². The first-order chi connectivity index (χ1) is 13.0. The molecule has 0 amide bonds. The van der Waals surface area contributed by atoms with Crippen molar-refractivity contribution in [3.8, 4) is 11.5 Å². The van der Waals surface area contributed by atoms with Crippen LogP contribution < -0.4 is 14.9 Å². The highest BCUT2D eigenvalue weighted by molar-refractivity contribution is 9.10. The van der Waals surface area contributed by atoms with Crippen LogP contribution in [0.3, 0.4) is 0 Å². The minimum Gasteiger partial charge on any atom is -0.497 e. The van der Waals surface area contributed by atoms with Gasteiger partial charge in [-0.2, -0.15) is 0 Å². The topological polar surface area (TPSA) is 36.9 Å². The zero-order valence-electron chi connectivity index (χ0n) is 16.8. The van der Waals surface area contributed by atoms with E-state index in [4.69, 9.17) is 18.8 Å². The summed E-state index contributed by atoms with van der Waals surface area (Å²) in [4.78, 5) is 0. The molecule has 2 aromatic rings. The van der Waals surface area contributed by atoms with Crippen molar-refractivity contribution >= 4 is 28.5 Å². The van der Waals surface area contributed by atoms with Gasteiger partial charge >= 0.3 is 7.12 Å². The number of hydrogen-bond donors (Lipinski definition) is 0. The highest BCUT2D eigenvalue weighted by Gasteiger charge is 2.52. The first-order valence-corrected chi connectivity index (χ1v) is 9.48. The Labute approximate surface area is 173 Å². The van der Waals surface area contributed by atoms with E-state index in [9.17, 15) is 8.78 Å². The van der Waals surface area contributed by atoms with Crippen molar-refractivity contribution in [1.82, 2.24) is 0 Å². The Morgan fingerprint density at radius 1 is 0.821 bits per heavy atom. The first-order valence-electron chi connectivity index (χ1n) is 8.69. The van der Waals surface area contributed by atoms with E-state index >= 15 is 0 Å². The van der Waals surface area contributed by atoms with Crippen molar-refractivity contribution in [3.63, 3.8) is 0 Å². The van der Waals surface area contributed by atoms with E-state index < -0.39 is 18.3 Å². The largest absolute Gasteiger partial charge is 0.497 e. The third-order valence-corrected chi connectivity index (χ3v) is 5.48. The van der Waals surface area contributed by atoms with E-state index in [0.717, 1.165) is 0 Å². The Bertz CT molecular complexity index is 814. The summed E-state index contributed by atoms with van der Waals surface area (Å²) < 4.78 is 48.4. The maximum Gasteiger partial charge on any atom is 0.497 e. The molecule has 0 spiro atoms. The standard InChI is InChI=1S/C13H18BFO3.C7H6BrFO/c1-12(2)13(3,4)18-14(17-12)10-7-6-9(16-5)8-11(10)15;1-10-5-2-3-6(8)7(9)4-5/h6-8H,1-5H3;2-4H,1H3. The van der Waals surface area contributed by atoms with E-state index in [0.29, 0.717) is 21.4 Å². The summed E-state index contributed by atoms with van der Waals surface area (Å²) in [6.45, 7) is 7.76. The van der Waals surface area contributed by atoms with E-state index in [1.807, 2.05) is 27.7 Å². The molecule has 1 saturated heterocycles. The molecular weight excluding hydrogens is 433 g/mol. The Balaban J connectivity index is 0.000000237. The summed E-state index contributed by atoms with van der Waals surface area (Å²) in [5.74, 6) is 0.320. The molecule has 0 bridgehead atoms.